The first-order valence-electron chi connectivity index (χ1n) is 7.10. The van der Waals surface area contributed by atoms with Crippen LogP contribution in [-0.2, 0) is 13.0 Å². The van der Waals surface area contributed by atoms with E-state index in [1.54, 1.807) is 31.4 Å². The lowest BCUT2D eigenvalue weighted by atomic mass is 10.0. The summed E-state index contributed by atoms with van der Waals surface area (Å²) in [6, 6.07) is 12.4. The van der Waals surface area contributed by atoms with Crippen LogP contribution in [0.1, 0.15) is 18.1 Å². The summed E-state index contributed by atoms with van der Waals surface area (Å²) in [5.41, 5.74) is 8.30. The van der Waals surface area contributed by atoms with E-state index in [9.17, 15) is 4.79 Å². The fourth-order valence-corrected chi connectivity index (χ4v) is 2.22. The summed E-state index contributed by atoms with van der Waals surface area (Å²) in [6.07, 6.45) is 0.322. The van der Waals surface area contributed by atoms with Crippen molar-refractivity contribution < 1.29 is 14.3 Å². The summed E-state index contributed by atoms with van der Waals surface area (Å²) in [5, 5.41) is 2.74. The molecule has 3 N–H and O–H groups in total. The second-order valence-corrected chi connectivity index (χ2v) is 4.76. The topological polar surface area (TPSA) is 73.6 Å². The Hall–Kier alpha value is -2.69. The number of ether oxygens (including phenoxy) is 2. The van der Waals surface area contributed by atoms with E-state index in [0.717, 1.165) is 23.3 Å². The van der Waals surface area contributed by atoms with E-state index >= 15 is 0 Å². The van der Waals surface area contributed by atoms with Crippen LogP contribution in [0, 0.1) is 0 Å². The molecule has 0 fully saturated rings. The number of hydrogen-bond acceptors (Lipinski definition) is 4. The predicted molar refractivity (Wildman–Crippen MR) is 86.1 cm³/mol. The molecule has 0 heterocycles. The number of hydrogen-bond donors (Lipinski definition) is 2. The molecule has 0 aliphatic heterocycles. The highest BCUT2D eigenvalue weighted by molar-refractivity contribution is 5.70. The van der Waals surface area contributed by atoms with Crippen molar-refractivity contribution in [2.75, 3.05) is 12.8 Å². The number of carbonyl (C=O) groups excluding carboxylic acids is 1. The lowest BCUT2D eigenvalue weighted by molar-refractivity contribution is 0.200. The molecule has 22 heavy (non-hydrogen) atoms. The van der Waals surface area contributed by atoms with Gasteiger partial charge in [0.25, 0.3) is 0 Å². The summed E-state index contributed by atoms with van der Waals surface area (Å²) in [6.45, 7) is 2.43. The van der Waals surface area contributed by atoms with Crippen LogP contribution in [0.15, 0.2) is 42.5 Å². The van der Waals surface area contributed by atoms with Crippen LogP contribution in [-0.4, -0.2) is 13.2 Å². The van der Waals surface area contributed by atoms with E-state index in [4.69, 9.17) is 15.2 Å². The first kappa shape index (κ1) is 15.7. The molecular formula is C17H20N2O3. The highest BCUT2D eigenvalue weighted by Gasteiger charge is 2.09. The van der Waals surface area contributed by atoms with Gasteiger partial charge in [0.1, 0.15) is 11.5 Å². The standard InChI is InChI=1S/C17H20N2O3/c1-3-15-12(5-4-6-16(15)21-2)11-19-17(20)22-14-9-7-13(18)8-10-14/h4-10H,3,11,18H2,1-2H3,(H,19,20). The smallest absolute Gasteiger partial charge is 0.412 e. The maximum Gasteiger partial charge on any atom is 0.412 e. The normalized spacial score (nSPS) is 10.1. The molecular weight excluding hydrogens is 280 g/mol. The van der Waals surface area contributed by atoms with Crippen molar-refractivity contribution in [2.45, 2.75) is 19.9 Å². The van der Waals surface area contributed by atoms with Crippen LogP contribution < -0.4 is 20.5 Å². The maximum atomic E-state index is 11.8. The fraction of sp³-hybridized carbons (Fsp3) is 0.235. The zero-order valence-corrected chi connectivity index (χ0v) is 12.8. The molecule has 2 aromatic rings. The number of rotatable bonds is 5. The Balaban J connectivity index is 1.98. The third-order valence-electron chi connectivity index (χ3n) is 3.32. The van der Waals surface area contributed by atoms with Gasteiger partial charge in [-0.1, -0.05) is 19.1 Å². The van der Waals surface area contributed by atoms with Gasteiger partial charge in [0.15, 0.2) is 0 Å². The van der Waals surface area contributed by atoms with Crippen molar-refractivity contribution in [1.29, 1.82) is 0 Å². The van der Waals surface area contributed by atoms with Gasteiger partial charge in [0.2, 0.25) is 0 Å². The second kappa shape index (κ2) is 7.36. The lowest BCUT2D eigenvalue weighted by Crippen LogP contribution is -2.26. The average molecular weight is 300 g/mol. The fourth-order valence-electron chi connectivity index (χ4n) is 2.22. The van der Waals surface area contributed by atoms with E-state index < -0.39 is 6.09 Å². The van der Waals surface area contributed by atoms with Gasteiger partial charge in [0.05, 0.1) is 7.11 Å². The summed E-state index contributed by atoms with van der Waals surface area (Å²) < 4.78 is 10.5. The molecule has 0 bridgehead atoms. The maximum absolute atomic E-state index is 11.8. The molecule has 0 atom stereocenters. The third kappa shape index (κ3) is 3.91. The van der Waals surface area contributed by atoms with Crippen LogP contribution >= 0.6 is 0 Å². The van der Waals surface area contributed by atoms with Crippen LogP contribution in [0.25, 0.3) is 0 Å². The minimum Gasteiger partial charge on any atom is -0.496 e. The number of nitrogens with one attached hydrogen (secondary N) is 1. The quantitative estimate of drug-likeness (QED) is 0.832. The van der Waals surface area contributed by atoms with Gasteiger partial charge in [-0.15, -0.1) is 0 Å². The summed E-state index contributed by atoms with van der Waals surface area (Å²) in [5.74, 6) is 1.28. The summed E-state index contributed by atoms with van der Waals surface area (Å²) in [4.78, 5) is 11.8. The Morgan fingerprint density at radius 2 is 1.91 bits per heavy atom. The van der Waals surface area contributed by atoms with Gasteiger partial charge < -0.3 is 20.5 Å². The second-order valence-electron chi connectivity index (χ2n) is 4.76. The molecule has 0 radical (unpaired) electrons. The van der Waals surface area contributed by atoms with E-state index in [0.29, 0.717) is 18.0 Å². The Morgan fingerprint density at radius 3 is 2.55 bits per heavy atom. The number of amides is 1. The minimum absolute atomic E-state index is 0.383. The number of benzene rings is 2. The van der Waals surface area contributed by atoms with Crippen molar-refractivity contribution in [3.8, 4) is 11.5 Å². The van der Waals surface area contributed by atoms with Crippen molar-refractivity contribution in [3.63, 3.8) is 0 Å². The van der Waals surface area contributed by atoms with Gasteiger partial charge in [-0.2, -0.15) is 0 Å². The molecule has 0 saturated carbocycles. The van der Waals surface area contributed by atoms with Gasteiger partial charge >= 0.3 is 6.09 Å². The van der Waals surface area contributed by atoms with Crippen molar-refractivity contribution in [2.24, 2.45) is 0 Å². The number of nitrogens with two attached hydrogens (primary N) is 1. The van der Waals surface area contributed by atoms with Crippen molar-refractivity contribution in [3.05, 3.63) is 53.6 Å². The van der Waals surface area contributed by atoms with Gasteiger partial charge in [0, 0.05) is 12.2 Å². The number of anilines is 1. The molecule has 2 rings (SSSR count). The van der Waals surface area contributed by atoms with E-state index in [1.807, 2.05) is 25.1 Å². The van der Waals surface area contributed by atoms with E-state index in [-0.39, 0.29) is 0 Å². The molecule has 0 unspecified atom stereocenters. The molecule has 0 aliphatic carbocycles. The molecule has 0 aromatic heterocycles. The summed E-state index contributed by atoms with van der Waals surface area (Å²) >= 11 is 0. The molecule has 116 valence electrons. The van der Waals surface area contributed by atoms with Crippen LogP contribution in [0.4, 0.5) is 10.5 Å². The average Bonchev–Trinajstić information content (AvgIpc) is 2.54. The predicted octanol–water partition coefficient (Wildman–Crippen LogP) is 3.13. The Kier molecular flexibility index (Phi) is 5.25. The molecule has 0 aliphatic rings. The number of carbonyl (C=O) groups is 1. The highest BCUT2D eigenvalue weighted by Crippen LogP contribution is 2.22. The molecule has 1 amide bonds. The van der Waals surface area contributed by atoms with Crippen molar-refractivity contribution in [1.82, 2.24) is 5.32 Å². The van der Waals surface area contributed by atoms with Gasteiger partial charge in [-0.3, -0.25) is 0 Å². The van der Waals surface area contributed by atoms with Crippen molar-refractivity contribution >= 4 is 11.8 Å². The molecule has 5 heteroatoms. The Labute approximate surface area is 130 Å². The van der Waals surface area contributed by atoms with E-state index in [2.05, 4.69) is 5.32 Å². The molecule has 0 spiro atoms. The Bertz CT molecular complexity index is 639. The van der Waals surface area contributed by atoms with E-state index in [1.165, 1.54) is 0 Å². The number of nitrogen functional groups attached to an aromatic ring is 1. The molecule has 0 saturated heterocycles. The Morgan fingerprint density at radius 1 is 1.18 bits per heavy atom. The number of methoxy groups -OCH3 is 1. The SMILES string of the molecule is CCc1c(CNC(=O)Oc2ccc(N)cc2)cccc1OC. The molecule has 5 nitrogen and oxygen atoms in total. The zero-order chi connectivity index (χ0) is 15.9. The highest BCUT2D eigenvalue weighted by atomic mass is 16.6. The van der Waals surface area contributed by atoms with Crippen LogP contribution in [0.3, 0.4) is 0 Å². The summed E-state index contributed by atoms with van der Waals surface area (Å²) in [7, 11) is 1.64. The third-order valence-corrected chi connectivity index (χ3v) is 3.32. The first-order chi connectivity index (χ1) is 10.6. The van der Waals surface area contributed by atoms with Gasteiger partial charge in [-0.05, 0) is 47.9 Å². The lowest BCUT2D eigenvalue weighted by Gasteiger charge is -2.13. The minimum atomic E-state index is -0.505. The largest absolute Gasteiger partial charge is 0.496 e. The zero-order valence-electron chi connectivity index (χ0n) is 12.8. The molecule has 2 aromatic carbocycles. The van der Waals surface area contributed by atoms with Crippen LogP contribution in [0.5, 0.6) is 11.5 Å². The first-order valence-corrected chi connectivity index (χ1v) is 7.10. The monoisotopic (exact) mass is 300 g/mol. The van der Waals surface area contributed by atoms with Crippen LogP contribution in [0.2, 0.25) is 0 Å². The van der Waals surface area contributed by atoms with Gasteiger partial charge in [-0.25, -0.2) is 4.79 Å².